The Kier molecular flexibility index (Phi) is 133. The van der Waals surface area contributed by atoms with E-state index in [4.69, 9.17) is 0 Å². The molecule has 0 amide bonds. The van der Waals surface area contributed by atoms with Crippen molar-refractivity contribution in [2.45, 2.75) is 26.7 Å². The lowest BCUT2D eigenvalue weighted by atomic mass is 10.4. The topological polar surface area (TPSA) is 0 Å². The Hall–Kier alpha value is 2.49. The summed E-state index contributed by atoms with van der Waals surface area (Å²) >= 11 is 0. The first kappa shape index (κ1) is 31.3. The molecule has 0 rings (SSSR count). The maximum atomic E-state index is 2.18. The molecule has 0 saturated heterocycles. The standard InChI is InChI=1S/C4H10.2BrH.2Mg.4H/c1-3-4-2;;;;;;;;/h3-4H2,1-2H3;2*1H;;;;;;. The van der Waals surface area contributed by atoms with E-state index >= 15 is 0 Å². The molecular formula is C4H16Br2Mg2. The van der Waals surface area contributed by atoms with E-state index in [-0.39, 0.29) is 80.1 Å². The molecule has 4 heteroatoms. The third-order valence-corrected chi connectivity index (χ3v) is 0.500. The van der Waals surface area contributed by atoms with Gasteiger partial charge in [-0.1, -0.05) is 26.7 Å². The van der Waals surface area contributed by atoms with Gasteiger partial charge >= 0.3 is 46.1 Å². The Labute approximate surface area is 105 Å². The Morgan fingerprint density at radius 3 is 0.875 bits per heavy atom. The third-order valence-electron chi connectivity index (χ3n) is 0.500. The van der Waals surface area contributed by atoms with Crippen LogP contribution >= 0.6 is 34.0 Å². The van der Waals surface area contributed by atoms with Gasteiger partial charge in [0.1, 0.15) is 0 Å². The van der Waals surface area contributed by atoms with E-state index in [1.165, 1.54) is 12.8 Å². The fourth-order valence-electron chi connectivity index (χ4n) is 0. The molecule has 0 unspecified atom stereocenters. The lowest BCUT2D eigenvalue weighted by Gasteiger charge is -1.68. The van der Waals surface area contributed by atoms with Crippen LogP contribution in [0.25, 0.3) is 0 Å². The van der Waals surface area contributed by atoms with Gasteiger partial charge in [0.25, 0.3) is 0 Å². The zero-order chi connectivity index (χ0) is 3.41. The van der Waals surface area contributed by atoms with Gasteiger partial charge in [-0.3, -0.25) is 0 Å². The van der Waals surface area contributed by atoms with Crippen LogP contribution in [-0.2, 0) is 0 Å². The van der Waals surface area contributed by atoms with Crippen LogP contribution in [0.4, 0.5) is 0 Å². The lowest BCUT2D eigenvalue weighted by molar-refractivity contribution is 0.886. The van der Waals surface area contributed by atoms with Gasteiger partial charge in [-0.15, -0.1) is 34.0 Å². The monoisotopic (exact) mass is 270 g/mol. The van der Waals surface area contributed by atoms with E-state index in [1.807, 2.05) is 0 Å². The van der Waals surface area contributed by atoms with Crippen molar-refractivity contribution in [3.8, 4) is 0 Å². The van der Waals surface area contributed by atoms with Crippen molar-refractivity contribution in [1.82, 2.24) is 0 Å². The van der Waals surface area contributed by atoms with E-state index in [9.17, 15) is 0 Å². The highest BCUT2D eigenvalue weighted by Gasteiger charge is 1.56. The van der Waals surface area contributed by atoms with E-state index < -0.39 is 0 Å². The van der Waals surface area contributed by atoms with Crippen molar-refractivity contribution >= 4 is 80.1 Å². The first-order valence-electron chi connectivity index (χ1n) is 1.91. The number of hydrogen-bond donors (Lipinski definition) is 0. The van der Waals surface area contributed by atoms with Crippen molar-refractivity contribution in [1.29, 1.82) is 0 Å². The van der Waals surface area contributed by atoms with Gasteiger partial charge in [0.2, 0.25) is 0 Å². The zero-order valence-corrected chi connectivity index (χ0v) is 7.66. The Morgan fingerprint density at radius 2 is 0.875 bits per heavy atom. The summed E-state index contributed by atoms with van der Waals surface area (Å²) in [6.45, 7) is 4.36. The predicted octanol–water partition coefficient (Wildman–Crippen LogP) is 1.13. The van der Waals surface area contributed by atoms with E-state index in [0.29, 0.717) is 0 Å². The van der Waals surface area contributed by atoms with Crippen molar-refractivity contribution in [3.63, 3.8) is 0 Å². The van der Waals surface area contributed by atoms with Crippen LogP contribution in [-0.4, -0.2) is 46.1 Å². The average Bonchev–Trinajstić information content (AvgIpc) is 1.37. The van der Waals surface area contributed by atoms with Crippen LogP contribution < -0.4 is 0 Å². The van der Waals surface area contributed by atoms with Gasteiger partial charge in [-0.2, -0.15) is 0 Å². The molecular weight excluding hydrogens is 256 g/mol. The second-order valence-corrected chi connectivity index (χ2v) is 1.000. The Balaban J connectivity index is -0.00000000750. The van der Waals surface area contributed by atoms with Crippen molar-refractivity contribution in [2.75, 3.05) is 0 Å². The van der Waals surface area contributed by atoms with Crippen molar-refractivity contribution < 1.29 is 0 Å². The molecule has 0 aromatic carbocycles. The minimum absolute atomic E-state index is 0. The van der Waals surface area contributed by atoms with Gasteiger partial charge in [-0.05, 0) is 0 Å². The summed E-state index contributed by atoms with van der Waals surface area (Å²) in [6, 6.07) is 0. The molecule has 0 aromatic heterocycles. The molecule has 0 radical (unpaired) electrons. The first-order chi connectivity index (χ1) is 1.91. The van der Waals surface area contributed by atoms with Crippen LogP contribution in [0, 0.1) is 0 Å². The molecule has 0 N–H and O–H groups in total. The van der Waals surface area contributed by atoms with Crippen molar-refractivity contribution in [2.24, 2.45) is 0 Å². The molecule has 0 spiro atoms. The molecule has 0 bridgehead atoms. The lowest BCUT2D eigenvalue weighted by Crippen LogP contribution is -1.47. The smallest absolute Gasteiger partial charge is 0.114 e. The van der Waals surface area contributed by atoms with Crippen LogP contribution in [0.2, 0.25) is 0 Å². The van der Waals surface area contributed by atoms with Crippen LogP contribution in [0.15, 0.2) is 0 Å². The average molecular weight is 273 g/mol. The molecule has 0 nitrogen and oxygen atoms in total. The summed E-state index contributed by atoms with van der Waals surface area (Å²) in [7, 11) is 0. The highest BCUT2D eigenvalue weighted by molar-refractivity contribution is 8.93. The molecule has 0 saturated carbocycles. The highest BCUT2D eigenvalue weighted by Crippen LogP contribution is 1.76. The van der Waals surface area contributed by atoms with Crippen LogP contribution in [0.5, 0.6) is 0 Å². The molecule has 0 fully saturated rings. The maximum Gasteiger partial charge on any atom is 0.316 e. The van der Waals surface area contributed by atoms with Gasteiger partial charge in [0.05, 0.1) is 0 Å². The molecule has 0 aromatic rings. The molecule has 50 valence electrons. The second kappa shape index (κ2) is 33.9. The Morgan fingerprint density at radius 1 is 0.750 bits per heavy atom. The van der Waals surface area contributed by atoms with Crippen molar-refractivity contribution in [3.05, 3.63) is 0 Å². The van der Waals surface area contributed by atoms with Crippen LogP contribution in [0.1, 0.15) is 26.7 Å². The summed E-state index contributed by atoms with van der Waals surface area (Å²) < 4.78 is 0. The second-order valence-electron chi connectivity index (χ2n) is 1.000. The number of unbranched alkanes of at least 4 members (excludes halogenated alkanes) is 1. The molecule has 0 heterocycles. The predicted molar refractivity (Wildman–Crippen MR) is 58.3 cm³/mol. The van der Waals surface area contributed by atoms with Gasteiger partial charge in [-0.25, -0.2) is 0 Å². The zero-order valence-electron chi connectivity index (χ0n) is 4.23. The first-order valence-corrected chi connectivity index (χ1v) is 1.91. The van der Waals surface area contributed by atoms with Gasteiger partial charge in [0.15, 0.2) is 0 Å². The minimum Gasteiger partial charge on any atom is -0.114 e. The SMILES string of the molecule is Br.Br.CCCC.[MgH2].[MgH2]. The molecule has 0 aliphatic heterocycles. The third kappa shape index (κ3) is 39.1. The number of rotatable bonds is 1. The molecule has 0 aliphatic rings. The van der Waals surface area contributed by atoms with Gasteiger partial charge < -0.3 is 0 Å². The van der Waals surface area contributed by atoms with Crippen LogP contribution in [0.3, 0.4) is 0 Å². The summed E-state index contributed by atoms with van der Waals surface area (Å²) in [5.74, 6) is 0. The maximum absolute atomic E-state index is 2.18. The molecule has 8 heavy (non-hydrogen) atoms. The van der Waals surface area contributed by atoms with E-state index in [1.54, 1.807) is 0 Å². The Bertz CT molecular complexity index is 14.0. The fraction of sp³-hybridized carbons (Fsp3) is 1.00. The highest BCUT2D eigenvalue weighted by atomic mass is 79.9. The van der Waals surface area contributed by atoms with Gasteiger partial charge in [0, 0.05) is 0 Å². The summed E-state index contributed by atoms with van der Waals surface area (Å²) in [5.41, 5.74) is 0. The largest absolute Gasteiger partial charge is 0.316 e. The molecule has 0 atom stereocenters. The quantitative estimate of drug-likeness (QED) is 0.628. The number of halogens is 2. The summed E-state index contributed by atoms with van der Waals surface area (Å²) in [5, 5.41) is 0. The normalized spacial score (nSPS) is 3.75. The fourth-order valence-corrected chi connectivity index (χ4v) is 0. The van der Waals surface area contributed by atoms with E-state index in [2.05, 4.69) is 13.8 Å². The van der Waals surface area contributed by atoms with E-state index in [0.717, 1.165) is 0 Å². The summed E-state index contributed by atoms with van der Waals surface area (Å²) in [6.07, 6.45) is 2.64. The summed E-state index contributed by atoms with van der Waals surface area (Å²) in [4.78, 5) is 0. The minimum atomic E-state index is 0. The number of hydrogen-bond acceptors (Lipinski definition) is 0. The molecule has 0 aliphatic carbocycles.